The van der Waals surface area contributed by atoms with Crippen molar-refractivity contribution in [2.24, 2.45) is 0 Å². The maximum absolute atomic E-state index is 2.50. The van der Waals surface area contributed by atoms with Gasteiger partial charge in [0.15, 0.2) is 0 Å². The molecule has 4 heteroatoms. The molecule has 0 aromatic heterocycles. The summed E-state index contributed by atoms with van der Waals surface area (Å²) in [6, 6.07) is 66.8. The number of hydrogen-bond donors (Lipinski definition) is 0. The molecular formula is C47H32BN3. The van der Waals surface area contributed by atoms with Crippen LogP contribution in [-0.2, 0) is 6.42 Å². The SMILES string of the molecule is c1ccc(N(c2ccc3c(c2)N(c2ccccc2)c2cccc4c2B3c2c3cc(cc2N4c2ccccc2)C3)c2ccc3ccccc3c2)cc1. The fourth-order valence-corrected chi connectivity index (χ4v) is 8.72. The smallest absolute Gasteiger partial charge is 0.252 e. The van der Waals surface area contributed by atoms with E-state index in [-0.39, 0.29) is 6.71 Å². The zero-order valence-corrected chi connectivity index (χ0v) is 27.9. The quantitative estimate of drug-likeness (QED) is 0.172. The molecule has 12 rings (SSSR count). The van der Waals surface area contributed by atoms with E-state index < -0.39 is 0 Å². The average molecular weight is 650 g/mol. The number of anilines is 9. The number of hydrogen-bond acceptors (Lipinski definition) is 3. The lowest BCUT2D eigenvalue weighted by Crippen LogP contribution is -2.62. The zero-order valence-electron chi connectivity index (χ0n) is 27.9. The number of fused-ring (bicyclic) bond motifs is 3. The third kappa shape index (κ3) is 4.26. The van der Waals surface area contributed by atoms with Crippen LogP contribution in [0.4, 0.5) is 51.2 Å². The van der Waals surface area contributed by atoms with Crippen molar-refractivity contribution in [3.8, 4) is 0 Å². The van der Waals surface area contributed by atoms with E-state index in [0.717, 1.165) is 29.2 Å². The second kappa shape index (κ2) is 11.0. The monoisotopic (exact) mass is 649 g/mol. The summed E-state index contributed by atoms with van der Waals surface area (Å²) in [5, 5.41) is 2.47. The highest BCUT2D eigenvalue weighted by Crippen LogP contribution is 2.47. The lowest BCUT2D eigenvalue weighted by Gasteiger charge is -2.46. The summed E-state index contributed by atoms with van der Waals surface area (Å²) in [5.74, 6) is 0. The Bertz CT molecular complexity index is 2640. The molecule has 0 saturated carbocycles. The molecule has 0 fully saturated rings. The van der Waals surface area contributed by atoms with Gasteiger partial charge in [0.05, 0.1) is 0 Å². The van der Waals surface area contributed by atoms with E-state index in [4.69, 9.17) is 0 Å². The minimum atomic E-state index is 0.116. The van der Waals surface area contributed by atoms with E-state index in [0.29, 0.717) is 0 Å². The van der Waals surface area contributed by atoms with Crippen LogP contribution in [0.5, 0.6) is 0 Å². The van der Waals surface area contributed by atoms with E-state index in [2.05, 4.69) is 197 Å². The molecule has 0 radical (unpaired) electrons. The van der Waals surface area contributed by atoms with E-state index in [1.807, 2.05) is 0 Å². The van der Waals surface area contributed by atoms with Crippen molar-refractivity contribution < 1.29 is 0 Å². The van der Waals surface area contributed by atoms with Crippen molar-refractivity contribution in [3.05, 3.63) is 193 Å². The van der Waals surface area contributed by atoms with Crippen LogP contribution in [0.25, 0.3) is 10.8 Å². The highest BCUT2D eigenvalue weighted by Gasteiger charge is 2.45. The van der Waals surface area contributed by atoms with Crippen molar-refractivity contribution in [1.29, 1.82) is 0 Å². The van der Waals surface area contributed by atoms with Crippen LogP contribution in [0.15, 0.2) is 182 Å². The number of nitrogens with zero attached hydrogens (tertiary/aromatic N) is 3. The maximum Gasteiger partial charge on any atom is 0.252 e. The maximum atomic E-state index is 2.50. The zero-order chi connectivity index (χ0) is 33.5. The molecule has 238 valence electrons. The van der Waals surface area contributed by atoms with Gasteiger partial charge in [-0.2, -0.15) is 0 Å². The Morgan fingerprint density at radius 3 is 1.71 bits per heavy atom. The summed E-state index contributed by atoms with van der Waals surface area (Å²) < 4.78 is 0. The molecule has 0 amide bonds. The number of benzene rings is 8. The summed E-state index contributed by atoms with van der Waals surface area (Å²) in [7, 11) is 0. The third-order valence-corrected chi connectivity index (χ3v) is 10.9. The molecule has 8 aromatic rings. The van der Waals surface area contributed by atoms with Crippen LogP contribution in [0.3, 0.4) is 0 Å². The Morgan fingerprint density at radius 2 is 1.00 bits per heavy atom. The van der Waals surface area contributed by atoms with Gasteiger partial charge in [-0.3, -0.25) is 0 Å². The predicted octanol–water partition coefficient (Wildman–Crippen LogP) is 10.3. The number of para-hydroxylation sites is 3. The molecule has 0 saturated heterocycles. The van der Waals surface area contributed by atoms with Gasteiger partial charge in [-0.05, 0) is 124 Å². The molecule has 0 unspecified atom stereocenters. The highest BCUT2D eigenvalue weighted by molar-refractivity contribution is 7.00. The molecular weight excluding hydrogens is 617 g/mol. The molecule has 2 bridgehead atoms. The van der Waals surface area contributed by atoms with Gasteiger partial charge in [-0.25, -0.2) is 0 Å². The second-order valence-electron chi connectivity index (χ2n) is 13.8. The third-order valence-electron chi connectivity index (χ3n) is 10.9. The van der Waals surface area contributed by atoms with Gasteiger partial charge < -0.3 is 14.7 Å². The van der Waals surface area contributed by atoms with E-state index in [1.165, 1.54) is 66.7 Å². The molecule has 0 spiro atoms. The first-order valence-electron chi connectivity index (χ1n) is 17.8. The van der Waals surface area contributed by atoms with Crippen LogP contribution in [0.2, 0.25) is 0 Å². The average Bonchev–Trinajstić information content (AvgIpc) is 3.18. The molecule has 0 atom stereocenters. The van der Waals surface area contributed by atoms with E-state index >= 15 is 0 Å². The summed E-state index contributed by atoms with van der Waals surface area (Å²) >= 11 is 0. The Labute approximate surface area is 298 Å². The minimum Gasteiger partial charge on any atom is -0.311 e. The molecule has 51 heavy (non-hydrogen) atoms. The Morgan fingerprint density at radius 1 is 0.412 bits per heavy atom. The van der Waals surface area contributed by atoms with Gasteiger partial charge >= 0.3 is 0 Å². The lowest BCUT2D eigenvalue weighted by molar-refractivity contribution is 1.09. The molecule has 4 aliphatic rings. The van der Waals surface area contributed by atoms with Gasteiger partial charge in [0.25, 0.3) is 6.71 Å². The van der Waals surface area contributed by atoms with Crippen LogP contribution in [-0.4, -0.2) is 6.71 Å². The van der Waals surface area contributed by atoms with Crippen molar-refractivity contribution in [1.82, 2.24) is 0 Å². The molecule has 2 aliphatic heterocycles. The van der Waals surface area contributed by atoms with Gasteiger partial charge in [0, 0.05) is 51.2 Å². The van der Waals surface area contributed by atoms with Crippen molar-refractivity contribution in [2.45, 2.75) is 6.42 Å². The van der Waals surface area contributed by atoms with Crippen molar-refractivity contribution in [3.63, 3.8) is 0 Å². The predicted molar refractivity (Wildman–Crippen MR) is 215 cm³/mol. The normalized spacial score (nSPS) is 13.3. The Kier molecular flexibility index (Phi) is 6.11. The molecule has 2 aliphatic carbocycles. The van der Waals surface area contributed by atoms with Gasteiger partial charge in [0.1, 0.15) is 0 Å². The molecule has 0 N–H and O–H groups in total. The van der Waals surface area contributed by atoms with E-state index in [1.54, 1.807) is 0 Å². The molecule has 8 aromatic carbocycles. The standard InChI is InChI=1S/C47H32BN3/c1-4-15-36(16-5-1)49(39-24-23-33-13-10-11-14-34(33)30-39)40-25-26-41-44(31-40)50(37-17-6-2-7-18-37)42-21-12-22-43-47(42)48(41)46-35-27-32(28-35)29-45(46)51(43)38-19-8-3-9-20-38/h1-27,29-31H,28H2. The van der Waals surface area contributed by atoms with E-state index in [9.17, 15) is 0 Å². The summed E-state index contributed by atoms with van der Waals surface area (Å²) in [6.07, 6.45) is 1.04. The van der Waals surface area contributed by atoms with Gasteiger partial charge in [0.2, 0.25) is 0 Å². The minimum absolute atomic E-state index is 0.116. The van der Waals surface area contributed by atoms with Crippen molar-refractivity contribution in [2.75, 3.05) is 14.7 Å². The largest absolute Gasteiger partial charge is 0.311 e. The Balaban J connectivity index is 1.18. The van der Waals surface area contributed by atoms with Gasteiger partial charge in [-0.15, -0.1) is 0 Å². The lowest BCUT2D eigenvalue weighted by atomic mass is 9.32. The summed E-state index contributed by atoms with van der Waals surface area (Å²) in [6.45, 7) is 0.116. The first-order valence-corrected chi connectivity index (χ1v) is 17.8. The van der Waals surface area contributed by atoms with Crippen molar-refractivity contribution >= 4 is 85.1 Å². The summed E-state index contributed by atoms with van der Waals surface area (Å²) in [5.41, 5.74) is 17.7. The van der Waals surface area contributed by atoms with Crippen LogP contribution in [0.1, 0.15) is 11.1 Å². The highest BCUT2D eigenvalue weighted by atomic mass is 15.2. The van der Waals surface area contributed by atoms with Crippen LogP contribution >= 0.6 is 0 Å². The topological polar surface area (TPSA) is 9.72 Å². The fraction of sp³-hybridized carbons (Fsp3) is 0.0213. The fourth-order valence-electron chi connectivity index (χ4n) is 8.72. The van der Waals surface area contributed by atoms with Crippen LogP contribution in [0, 0.1) is 0 Å². The molecule has 3 nitrogen and oxygen atoms in total. The first kappa shape index (κ1) is 28.3. The first-order chi connectivity index (χ1) is 25.3. The summed E-state index contributed by atoms with van der Waals surface area (Å²) in [4.78, 5) is 7.39. The molecule has 2 heterocycles. The Hall–Kier alpha value is -6.52. The number of rotatable bonds is 5. The van der Waals surface area contributed by atoms with Crippen LogP contribution < -0.4 is 31.1 Å². The second-order valence-corrected chi connectivity index (χ2v) is 13.8. The van der Waals surface area contributed by atoms with Gasteiger partial charge in [-0.1, -0.05) is 103 Å².